The summed E-state index contributed by atoms with van der Waals surface area (Å²) in [6.07, 6.45) is 0.941. The molecule has 16 heavy (non-hydrogen) atoms. The highest BCUT2D eigenvalue weighted by Crippen LogP contribution is 2.20. The standard InChI is InChI=1S/C10H13N3O2S/c1-8-6-7-13(12-8)9-2-4-10(5-3-9)16(11,14)15/h2-5H,6-7H2,1H3,(H2,11,14,15). The van der Waals surface area contributed by atoms with Gasteiger partial charge in [0.1, 0.15) is 0 Å². The van der Waals surface area contributed by atoms with Gasteiger partial charge < -0.3 is 0 Å². The second-order valence-corrected chi connectivity index (χ2v) is 5.31. The number of sulfonamides is 1. The third kappa shape index (κ3) is 2.23. The highest BCUT2D eigenvalue weighted by atomic mass is 32.2. The van der Waals surface area contributed by atoms with E-state index in [9.17, 15) is 8.42 Å². The molecule has 2 N–H and O–H groups in total. The lowest BCUT2D eigenvalue weighted by Gasteiger charge is -2.13. The van der Waals surface area contributed by atoms with Crippen molar-refractivity contribution >= 4 is 21.4 Å². The van der Waals surface area contributed by atoms with Gasteiger partial charge in [0, 0.05) is 18.7 Å². The number of anilines is 1. The Labute approximate surface area is 94.6 Å². The Bertz CT molecular complexity index is 520. The first kappa shape index (κ1) is 11.1. The number of nitrogens with zero attached hydrogens (tertiary/aromatic N) is 2. The van der Waals surface area contributed by atoms with Gasteiger partial charge in [0.15, 0.2) is 0 Å². The summed E-state index contributed by atoms with van der Waals surface area (Å²) in [5.41, 5.74) is 1.96. The van der Waals surface area contributed by atoms with Crippen molar-refractivity contribution in [3.63, 3.8) is 0 Å². The Morgan fingerprint density at radius 3 is 2.38 bits per heavy atom. The molecule has 0 spiro atoms. The predicted molar refractivity (Wildman–Crippen MR) is 62.9 cm³/mol. The van der Waals surface area contributed by atoms with E-state index in [4.69, 9.17) is 5.14 Å². The first-order chi connectivity index (χ1) is 7.47. The molecular weight excluding hydrogens is 226 g/mol. The topological polar surface area (TPSA) is 75.8 Å². The molecule has 1 aliphatic rings. The average Bonchev–Trinajstić information content (AvgIpc) is 2.64. The zero-order valence-corrected chi connectivity index (χ0v) is 9.74. The van der Waals surface area contributed by atoms with Crippen LogP contribution in [0.2, 0.25) is 0 Å². The van der Waals surface area contributed by atoms with Crippen LogP contribution >= 0.6 is 0 Å². The molecule has 1 aliphatic heterocycles. The van der Waals surface area contributed by atoms with Gasteiger partial charge in [-0.1, -0.05) is 0 Å². The third-order valence-corrected chi connectivity index (χ3v) is 3.37. The van der Waals surface area contributed by atoms with Gasteiger partial charge in [-0.15, -0.1) is 0 Å². The average molecular weight is 239 g/mol. The van der Waals surface area contributed by atoms with Gasteiger partial charge in [0.2, 0.25) is 10.0 Å². The van der Waals surface area contributed by atoms with Crippen molar-refractivity contribution in [2.45, 2.75) is 18.2 Å². The van der Waals surface area contributed by atoms with Crippen molar-refractivity contribution in [1.29, 1.82) is 0 Å². The van der Waals surface area contributed by atoms with Crippen molar-refractivity contribution in [2.24, 2.45) is 10.2 Å². The molecule has 0 atom stereocenters. The van der Waals surface area contributed by atoms with Crippen LogP contribution in [0.3, 0.4) is 0 Å². The van der Waals surface area contributed by atoms with Crippen LogP contribution < -0.4 is 10.1 Å². The smallest absolute Gasteiger partial charge is 0.238 e. The summed E-state index contributed by atoms with van der Waals surface area (Å²) in [5, 5.41) is 11.2. The lowest BCUT2D eigenvalue weighted by molar-refractivity contribution is 0.598. The van der Waals surface area contributed by atoms with E-state index in [0.717, 1.165) is 24.4 Å². The second kappa shape index (κ2) is 3.88. The van der Waals surface area contributed by atoms with Crippen LogP contribution in [0.4, 0.5) is 5.69 Å². The SMILES string of the molecule is CC1=NN(c2ccc(S(N)(=O)=O)cc2)CC1. The molecule has 1 aromatic rings. The number of benzene rings is 1. The minimum Gasteiger partial charge on any atom is -0.265 e. The first-order valence-corrected chi connectivity index (χ1v) is 6.46. The molecule has 2 rings (SSSR count). The van der Waals surface area contributed by atoms with Gasteiger partial charge in [-0.3, -0.25) is 5.01 Å². The van der Waals surface area contributed by atoms with Crippen LogP contribution in [0, 0.1) is 0 Å². The number of nitrogens with two attached hydrogens (primary N) is 1. The van der Waals surface area contributed by atoms with Crippen LogP contribution in [-0.4, -0.2) is 20.7 Å². The van der Waals surface area contributed by atoms with E-state index in [1.807, 2.05) is 11.9 Å². The van der Waals surface area contributed by atoms with E-state index in [0.29, 0.717) is 0 Å². The van der Waals surface area contributed by atoms with Gasteiger partial charge in [-0.25, -0.2) is 13.6 Å². The van der Waals surface area contributed by atoms with E-state index < -0.39 is 10.0 Å². The minimum atomic E-state index is -3.61. The Hall–Kier alpha value is -1.40. The van der Waals surface area contributed by atoms with E-state index >= 15 is 0 Å². The molecule has 0 bridgehead atoms. The molecule has 0 aromatic heterocycles. The fraction of sp³-hybridized carbons (Fsp3) is 0.300. The second-order valence-electron chi connectivity index (χ2n) is 3.75. The van der Waals surface area contributed by atoms with Crippen LogP contribution in [0.15, 0.2) is 34.3 Å². The minimum absolute atomic E-state index is 0.121. The van der Waals surface area contributed by atoms with Gasteiger partial charge in [0.05, 0.1) is 10.6 Å². The number of hydrogen-bond donors (Lipinski definition) is 1. The Kier molecular flexibility index (Phi) is 2.69. The molecule has 0 radical (unpaired) electrons. The van der Waals surface area contributed by atoms with Gasteiger partial charge in [-0.05, 0) is 31.2 Å². The van der Waals surface area contributed by atoms with Gasteiger partial charge >= 0.3 is 0 Å². The largest absolute Gasteiger partial charge is 0.265 e. The molecular formula is C10H13N3O2S. The monoisotopic (exact) mass is 239 g/mol. The predicted octanol–water partition coefficient (Wildman–Crippen LogP) is 0.920. The molecule has 1 heterocycles. The molecule has 0 fully saturated rings. The lowest BCUT2D eigenvalue weighted by Crippen LogP contribution is -2.14. The molecule has 86 valence electrons. The quantitative estimate of drug-likeness (QED) is 0.833. The Morgan fingerprint density at radius 1 is 1.31 bits per heavy atom. The molecule has 0 amide bonds. The van der Waals surface area contributed by atoms with Crippen molar-refractivity contribution in [3.8, 4) is 0 Å². The number of primary sulfonamides is 1. The molecule has 1 aromatic carbocycles. The van der Waals surface area contributed by atoms with Crippen molar-refractivity contribution in [2.75, 3.05) is 11.6 Å². The summed E-state index contributed by atoms with van der Waals surface area (Å²) in [4.78, 5) is 0.121. The normalized spacial score (nSPS) is 16.4. The van der Waals surface area contributed by atoms with E-state index in [2.05, 4.69) is 5.10 Å². The Morgan fingerprint density at radius 2 is 1.94 bits per heavy atom. The summed E-state index contributed by atoms with van der Waals surface area (Å²) >= 11 is 0. The summed E-state index contributed by atoms with van der Waals surface area (Å²) in [6.45, 7) is 2.80. The van der Waals surface area contributed by atoms with Crippen LogP contribution in [0.25, 0.3) is 0 Å². The lowest BCUT2D eigenvalue weighted by atomic mass is 10.3. The fourth-order valence-corrected chi connectivity index (χ4v) is 2.08. The van der Waals surface area contributed by atoms with Crippen LogP contribution in [-0.2, 0) is 10.0 Å². The first-order valence-electron chi connectivity index (χ1n) is 4.91. The number of hydrogen-bond acceptors (Lipinski definition) is 4. The molecule has 5 nitrogen and oxygen atoms in total. The number of hydrazone groups is 1. The zero-order chi connectivity index (χ0) is 11.8. The molecule has 0 aliphatic carbocycles. The Balaban J connectivity index is 2.27. The number of rotatable bonds is 2. The highest BCUT2D eigenvalue weighted by molar-refractivity contribution is 7.89. The van der Waals surface area contributed by atoms with Crippen molar-refractivity contribution in [1.82, 2.24) is 0 Å². The summed E-state index contributed by atoms with van der Waals surface area (Å²) in [7, 11) is -3.61. The van der Waals surface area contributed by atoms with E-state index in [1.54, 1.807) is 12.1 Å². The molecule has 6 heteroatoms. The third-order valence-electron chi connectivity index (χ3n) is 2.44. The van der Waals surface area contributed by atoms with E-state index in [1.165, 1.54) is 12.1 Å². The van der Waals surface area contributed by atoms with Gasteiger partial charge in [0.25, 0.3) is 0 Å². The molecule has 0 saturated heterocycles. The summed E-state index contributed by atoms with van der Waals surface area (Å²) in [5.74, 6) is 0. The molecule has 0 saturated carbocycles. The zero-order valence-electron chi connectivity index (χ0n) is 8.92. The summed E-state index contributed by atoms with van der Waals surface area (Å²) in [6, 6.07) is 6.41. The van der Waals surface area contributed by atoms with Crippen LogP contribution in [0.1, 0.15) is 13.3 Å². The van der Waals surface area contributed by atoms with E-state index in [-0.39, 0.29) is 4.90 Å². The van der Waals surface area contributed by atoms with Crippen LogP contribution in [0.5, 0.6) is 0 Å². The molecule has 0 unspecified atom stereocenters. The highest BCUT2D eigenvalue weighted by Gasteiger charge is 2.13. The maximum atomic E-state index is 11.1. The maximum Gasteiger partial charge on any atom is 0.238 e. The maximum absolute atomic E-state index is 11.1. The summed E-state index contributed by atoms with van der Waals surface area (Å²) < 4.78 is 22.1. The van der Waals surface area contributed by atoms with Crippen molar-refractivity contribution < 1.29 is 8.42 Å². The van der Waals surface area contributed by atoms with Crippen molar-refractivity contribution in [3.05, 3.63) is 24.3 Å². The fourth-order valence-electron chi connectivity index (χ4n) is 1.57. The van der Waals surface area contributed by atoms with Gasteiger partial charge in [-0.2, -0.15) is 5.10 Å².